The van der Waals surface area contributed by atoms with Gasteiger partial charge in [0.2, 0.25) is 11.8 Å². The van der Waals surface area contributed by atoms with Crippen molar-refractivity contribution in [3.05, 3.63) is 0 Å². The van der Waals surface area contributed by atoms with E-state index in [9.17, 15) is 9.59 Å². The summed E-state index contributed by atoms with van der Waals surface area (Å²) in [4.78, 5) is 32.7. The molecule has 0 unspecified atom stereocenters. The van der Waals surface area contributed by atoms with E-state index in [1.807, 2.05) is 13.8 Å². The quantitative estimate of drug-likeness (QED) is 0.449. The van der Waals surface area contributed by atoms with Crippen molar-refractivity contribution in [1.29, 1.82) is 0 Å². The molecular weight excluding hydrogens is 312 g/mol. The van der Waals surface area contributed by atoms with Crippen LogP contribution in [0.15, 0.2) is 4.99 Å². The van der Waals surface area contributed by atoms with Gasteiger partial charge >= 0.3 is 0 Å². The number of carbonyl (C=O) groups excluding carboxylic acids is 2. The summed E-state index contributed by atoms with van der Waals surface area (Å²) in [5.41, 5.74) is 0. The number of carbonyl (C=O) groups is 2. The first-order chi connectivity index (χ1) is 11.0. The van der Waals surface area contributed by atoms with E-state index in [4.69, 9.17) is 12.2 Å². The fourth-order valence-electron chi connectivity index (χ4n) is 2.90. The van der Waals surface area contributed by atoms with E-state index in [0.717, 1.165) is 26.1 Å². The van der Waals surface area contributed by atoms with Crippen LogP contribution in [0.4, 0.5) is 0 Å². The van der Waals surface area contributed by atoms with Gasteiger partial charge < -0.3 is 10.2 Å². The summed E-state index contributed by atoms with van der Waals surface area (Å²) in [6, 6.07) is -0.0279. The molecule has 23 heavy (non-hydrogen) atoms. The predicted molar refractivity (Wildman–Crippen MR) is 94.5 cm³/mol. The van der Waals surface area contributed by atoms with Crippen molar-refractivity contribution in [3.8, 4) is 0 Å². The molecule has 0 spiro atoms. The zero-order chi connectivity index (χ0) is 16.8. The summed E-state index contributed by atoms with van der Waals surface area (Å²) >= 11 is 5.12. The van der Waals surface area contributed by atoms with Crippen molar-refractivity contribution in [1.82, 2.24) is 15.1 Å². The molecule has 2 saturated heterocycles. The fourth-order valence-corrected chi connectivity index (χ4v) is 3.27. The second-order valence-corrected chi connectivity index (χ2v) is 6.58. The van der Waals surface area contributed by atoms with Crippen molar-refractivity contribution >= 4 is 35.4 Å². The van der Waals surface area contributed by atoms with E-state index in [1.54, 1.807) is 0 Å². The van der Waals surface area contributed by atoms with Gasteiger partial charge in [-0.1, -0.05) is 13.3 Å². The van der Waals surface area contributed by atoms with Crippen LogP contribution in [0.1, 0.15) is 39.5 Å². The number of nitrogens with zero attached hydrogens (tertiary/aromatic N) is 3. The second-order valence-electron chi connectivity index (χ2n) is 6.20. The van der Waals surface area contributed by atoms with E-state index in [-0.39, 0.29) is 23.0 Å². The molecule has 2 rings (SSSR count). The number of thiocarbonyl (C=S) groups is 1. The zero-order valence-electron chi connectivity index (χ0n) is 14.0. The Morgan fingerprint density at radius 3 is 2.70 bits per heavy atom. The Morgan fingerprint density at radius 1 is 1.35 bits per heavy atom. The Kier molecular flexibility index (Phi) is 6.65. The van der Waals surface area contributed by atoms with Crippen molar-refractivity contribution in [3.63, 3.8) is 0 Å². The molecule has 2 heterocycles. The Hall–Kier alpha value is -1.34. The third kappa shape index (κ3) is 4.57. The predicted octanol–water partition coefficient (Wildman–Crippen LogP) is 1.20. The molecule has 2 aliphatic heterocycles. The largest absolute Gasteiger partial charge is 0.302 e. The summed E-state index contributed by atoms with van der Waals surface area (Å²) in [6.07, 6.45) is 6.06. The summed E-state index contributed by atoms with van der Waals surface area (Å²) < 4.78 is 0. The number of likely N-dealkylation sites (tertiary alicyclic amines) is 1. The highest BCUT2D eigenvalue weighted by Gasteiger charge is 2.39. The third-order valence-electron chi connectivity index (χ3n) is 4.51. The molecule has 6 nitrogen and oxygen atoms in total. The molecule has 0 aromatic rings. The Balaban J connectivity index is 1.91. The van der Waals surface area contributed by atoms with Crippen LogP contribution < -0.4 is 5.32 Å². The number of nitrogens with one attached hydrogen (secondary N) is 1. The average Bonchev–Trinajstić information content (AvgIpc) is 2.54. The van der Waals surface area contributed by atoms with Crippen LogP contribution in [0, 0.1) is 5.92 Å². The van der Waals surface area contributed by atoms with Crippen LogP contribution in [0.2, 0.25) is 0 Å². The number of hydrogen-bond donors (Lipinski definition) is 1. The molecule has 2 fully saturated rings. The molecular formula is C16H26N4O2S. The maximum atomic E-state index is 12.5. The second kappa shape index (κ2) is 8.49. The molecule has 0 aromatic heterocycles. The molecule has 0 saturated carbocycles. The maximum Gasteiger partial charge on any atom is 0.247 e. The maximum absolute atomic E-state index is 12.5. The number of aliphatic imine (C=N–C) groups is 1. The fraction of sp³-hybridized carbons (Fsp3) is 0.750. The Labute approximate surface area is 143 Å². The highest BCUT2D eigenvalue weighted by atomic mass is 32.1. The lowest BCUT2D eigenvalue weighted by Gasteiger charge is -2.34. The van der Waals surface area contributed by atoms with Crippen LogP contribution >= 0.6 is 12.2 Å². The van der Waals surface area contributed by atoms with Crippen molar-refractivity contribution in [2.75, 3.05) is 26.2 Å². The molecule has 7 heteroatoms. The van der Waals surface area contributed by atoms with E-state index >= 15 is 0 Å². The molecule has 1 N–H and O–H groups in total. The Bertz CT molecular complexity index is 488. The first-order valence-electron chi connectivity index (χ1n) is 8.44. The highest BCUT2D eigenvalue weighted by Crippen LogP contribution is 2.15. The molecule has 0 aliphatic carbocycles. The monoisotopic (exact) mass is 338 g/mol. The molecule has 0 aromatic carbocycles. The highest BCUT2D eigenvalue weighted by molar-refractivity contribution is 7.80. The molecule has 0 radical (unpaired) electrons. The van der Waals surface area contributed by atoms with Gasteiger partial charge in [0, 0.05) is 18.8 Å². The minimum absolute atomic E-state index is 0.0279. The van der Waals surface area contributed by atoms with Gasteiger partial charge in [0.1, 0.15) is 0 Å². The van der Waals surface area contributed by atoms with E-state index in [0.29, 0.717) is 6.54 Å². The summed E-state index contributed by atoms with van der Waals surface area (Å²) in [5, 5.41) is 2.81. The van der Waals surface area contributed by atoms with Crippen molar-refractivity contribution in [2.45, 2.75) is 45.6 Å². The molecule has 128 valence electrons. The molecule has 2 amide bonds. The lowest BCUT2D eigenvalue weighted by atomic mass is 10.0. The van der Waals surface area contributed by atoms with Crippen molar-refractivity contribution < 1.29 is 9.59 Å². The summed E-state index contributed by atoms with van der Waals surface area (Å²) in [5.74, 6) is -1.51. The van der Waals surface area contributed by atoms with Crippen LogP contribution in [-0.2, 0) is 9.59 Å². The van der Waals surface area contributed by atoms with Crippen LogP contribution in [0.25, 0.3) is 0 Å². The van der Waals surface area contributed by atoms with Crippen LogP contribution in [0.3, 0.4) is 0 Å². The molecule has 2 aliphatic rings. The normalized spacial score (nSPS) is 25.0. The standard InChI is InChI=1S/C16H26N4O2S/c1-3-12(2)20-15(22)13(14(21)18-16(20)23)11-17-7-10-19-8-5-4-6-9-19/h11-13H,3-10H2,1-2H3,(H,18,21,23)/t12-,13+/m0/s1. The van der Waals surface area contributed by atoms with Gasteiger partial charge in [0.05, 0.1) is 6.54 Å². The van der Waals surface area contributed by atoms with Gasteiger partial charge in [-0.05, 0) is 51.5 Å². The van der Waals surface area contributed by atoms with Gasteiger partial charge in [-0.25, -0.2) is 0 Å². The minimum atomic E-state index is -0.864. The number of hydrogen-bond acceptors (Lipinski definition) is 5. The zero-order valence-corrected chi connectivity index (χ0v) is 14.8. The van der Waals surface area contributed by atoms with Crippen LogP contribution in [-0.4, -0.2) is 65.2 Å². The van der Waals surface area contributed by atoms with Gasteiger partial charge in [0.25, 0.3) is 0 Å². The van der Waals surface area contributed by atoms with Crippen LogP contribution in [0.5, 0.6) is 0 Å². The topological polar surface area (TPSA) is 65.0 Å². The van der Waals surface area contributed by atoms with E-state index in [1.165, 1.54) is 30.4 Å². The van der Waals surface area contributed by atoms with Gasteiger partial charge in [0.15, 0.2) is 11.0 Å². The molecule has 0 bridgehead atoms. The summed E-state index contributed by atoms with van der Waals surface area (Å²) in [7, 11) is 0. The van der Waals surface area contributed by atoms with E-state index < -0.39 is 5.92 Å². The SMILES string of the molecule is CC[C@H](C)N1C(=O)[C@H](C=NCCN2CCCCC2)C(=O)NC1=S. The lowest BCUT2D eigenvalue weighted by Crippen LogP contribution is -2.60. The first kappa shape index (κ1) is 18.0. The third-order valence-corrected chi connectivity index (χ3v) is 4.81. The van der Waals surface area contributed by atoms with Gasteiger partial charge in [-0.2, -0.15) is 0 Å². The van der Waals surface area contributed by atoms with Gasteiger partial charge in [-0.3, -0.25) is 19.5 Å². The van der Waals surface area contributed by atoms with Gasteiger partial charge in [-0.15, -0.1) is 0 Å². The Morgan fingerprint density at radius 2 is 2.04 bits per heavy atom. The van der Waals surface area contributed by atoms with E-state index in [2.05, 4.69) is 15.2 Å². The number of rotatable bonds is 6. The average molecular weight is 338 g/mol. The summed E-state index contributed by atoms with van der Waals surface area (Å²) in [6.45, 7) is 7.64. The lowest BCUT2D eigenvalue weighted by molar-refractivity contribution is -0.139. The minimum Gasteiger partial charge on any atom is -0.302 e. The smallest absolute Gasteiger partial charge is 0.247 e. The molecule has 2 atom stereocenters. The first-order valence-corrected chi connectivity index (χ1v) is 8.85. The number of amides is 2. The number of piperidine rings is 1. The van der Waals surface area contributed by atoms with Crippen molar-refractivity contribution in [2.24, 2.45) is 10.9 Å².